The lowest BCUT2D eigenvalue weighted by Crippen LogP contribution is -2.30. The molecule has 0 bridgehead atoms. The SMILES string of the molecule is C=CC(=O)OCC[Si](C)(C)OC. The van der Waals surface area contributed by atoms with Gasteiger partial charge in [-0.25, -0.2) is 4.79 Å². The summed E-state index contributed by atoms with van der Waals surface area (Å²) in [6.45, 7) is 7.89. The van der Waals surface area contributed by atoms with Crippen molar-refractivity contribution >= 4 is 14.3 Å². The number of carbonyl (C=O) groups excluding carboxylic acids is 1. The second kappa shape index (κ2) is 5.11. The maximum atomic E-state index is 10.6. The van der Waals surface area contributed by atoms with Crippen LogP contribution in [0.25, 0.3) is 0 Å². The Morgan fingerprint density at radius 3 is 2.58 bits per heavy atom. The number of carbonyl (C=O) groups is 1. The summed E-state index contributed by atoms with van der Waals surface area (Å²) in [7, 11) is 0.128. The molecule has 70 valence electrons. The molecule has 12 heavy (non-hydrogen) atoms. The van der Waals surface area contributed by atoms with Crippen molar-refractivity contribution in [2.75, 3.05) is 13.7 Å². The second-order valence-electron chi connectivity index (χ2n) is 3.09. The van der Waals surface area contributed by atoms with Gasteiger partial charge in [-0.1, -0.05) is 6.58 Å². The Kier molecular flexibility index (Phi) is 4.85. The summed E-state index contributed by atoms with van der Waals surface area (Å²) in [6, 6.07) is 0.822. The van der Waals surface area contributed by atoms with Crippen molar-refractivity contribution in [3.05, 3.63) is 12.7 Å². The van der Waals surface area contributed by atoms with Crippen LogP contribution in [-0.2, 0) is 14.0 Å². The highest BCUT2D eigenvalue weighted by Gasteiger charge is 2.20. The molecule has 0 atom stereocenters. The molecule has 3 nitrogen and oxygen atoms in total. The van der Waals surface area contributed by atoms with Gasteiger partial charge in [-0.2, -0.15) is 0 Å². The number of hydrogen-bond acceptors (Lipinski definition) is 3. The van der Waals surface area contributed by atoms with E-state index in [9.17, 15) is 4.79 Å². The molecular formula is C8H16O3Si. The van der Waals surface area contributed by atoms with E-state index in [1.54, 1.807) is 7.11 Å². The van der Waals surface area contributed by atoms with Crippen molar-refractivity contribution in [3.63, 3.8) is 0 Å². The van der Waals surface area contributed by atoms with Gasteiger partial charge in [-0.3, -0.25) is 0 Å². The molecule has 0 aromatic rings. The van der Waals surface area contributed by atoms with Gasteiger partial charge in [0.2, 0.25) is 0 Å². The first-order valence-corrected chi connectivity index (χ1v) is 6.98. The van der Waals surface area contributed by atoms with E-state index in [2.05, 4.69) is 19.7 Å². The van der Waals surface area contributed by atoms with Crippen molar-refractivity contribution in [2.24, 2.45) is 0 Å². The summed E-state index contributed by atoms with van der Waals surface area (Å²) >= 11 is 0. The summed E-state index contributed by atoms with van der Waals surface area (Å²) in [4.78, 5) is 10.6. The highest BCUT2D eigenvalue weighted by atomic mass is 28.4. The van der Waals surface area contributed by atoms with Gasteiger partial charge in [0.15, 0.2) is 8.32 Å². The van der Waals surface area contributed by atoms with Crippen LogP contribution in [0.15, 0.2) is 12.7 Å². The van der Waals surface area contributed by atoms with Crippen molar-refractivity contribution in [2.45, 2.75) is 19.1 Å². The van der Waals surface area contributed by atoms with Crippen molar-refractivity contribution < 1.29 is 14.0 Å². The van der Waals surface area contributed by atoms with Gasteiger partial charge in [0.1, 0.15) is 0 Å². The van der Waals surface area contributed by atoms with Crippen LogP contribution in [0, 0.1) is 0 Å². The van der Waals surface area contributed by atoms with Crippen LogP contribution >= 0.6 is 0 Å². The van der Waals surface area contributed by atoms with Crippen molar-refractivity contribution in [1.82, 2.24) is 0 Å². The number of hydrogen-bond donors (Lipinski definition) is 0. The van der Waals surface area contributed by atoms with Gasteiger partial charge in [-0.15, -0.1) is 0 Å². The van der Waals surface area contributed by atoms with E-state index >= 15 is 0 Å². The first kappa shape index (κ1) is 11.4. The second-order valence-corrected chi connectivity index (χ2v) is 7.51. The van der Waals surface area contributed by atoms with Gasteiger partial charge >= 0.3 is 5.97 Å². The number of rotatable bonds is 5. The van der Waals surface area contributed by atoms with Crippen LogP contribution in [-0.4, -0.2) is 28.0 Å². The van der Waals surface area contributed by atoms with E-state index in [0.29, 0.717) is 6.61 Å². The quantitative estimate of drug-likeness (QED) is 0.373. The lowest BCUT2D eigenvalue weighted by molar-refractivity contribution is -0.137. The highest BCUT2D eigenvalue weighted by molar-refractivity contribution is 6.71. The largest absolute Gasteiger partial charge is 0.463 e. The molecule has 0 saturated carbocycles. The Morgan fingerprint density at radius 1 is 1.58 bits per heavy atom. The van der Waals surface area contributed by atoms with Gasteiger partial charge in [0, 0.05) is 19.2 Å². The standard InChI is InChI=1S/C8H16O3Si/c1-5-8(9)11-6-7-12(3,4)10-2/h5H,1,6-7H2,2-4H3. The molecule has 0 fully saturated rings. The number of esters is 1. The Balaban J connectivity index is 3.56. The lowest BCUT2D eigenvalue weighted by Gasteiger charge is -2.18. The minimum absolute atomic E-state index is 0.365. The van der Waals surface area contributed by atoms with E-state index in [4.69, 9.17) is 9.16 Å². The maximum Gasteiger partial charge on any atom is 0.330 e. The molecule has 4 heteroatoms. The van der Waals surface area contributed by atoms with Gasteiger partial charge in [-0.05, 0) is 13.1 Å². The fourth-order valence-electron chi connectivity index (χ4n) is 0.558. The van der Waals surface area contributed by atoms with Crippen molar-refractivity contribution in [3.8, 4) is 0 Å². The minimum Gasteiger partial charge on any atom is -0.463 e. The van der Waals surface area contributed by atoms with Crippen LogP contribution in [0.3, 0.4) is 0 Å². The molecule has 0 aliphatic heterocycles. The van der Waals surface area contributed by atoms with Gasteiger partial charge in [0.25, 0.3) is 0 Å². The Labute approximate surface area is 74.5 Å². The molecule has 0 aromatic heterocycles. The van der Waals surface area contributed by atoms with Gasteiger partial charge in [0.05, 0.1) is 6.61 Å². The molecule has 0 aliphatic rings. The number of ether oxygens (including phenoxy) is 1. The fourth-order valence-corrected chi connectivity index (χ4v) is 1.36. The monoisotopic (exact) mass is 188 g/mol. The average Bonchev–Trinajstić information content (AvgIpc) is 2.04. The van der Waals surface area contributed by atoms with Crippen LogP contribution in [0.2, 0.25) is 19.1 Å². The molecule has 0 unspecified atom stereocenters. The fraction of sp³-hybridized carbons (Fsp3) is 0.625. The topological polar surface area (TPSA) is 35.5 Å². The molecule has 0 aliphatic carbocycles. The van der Waals surface area contributed by atoms with E-state index < -0.39 is 8.32 Å². The zero-order chi connectivity index (χ0) is 9.61. The smallest absolute Gasteiger partial charge is 0.330 e. The molecule has 0 aromatic carbocycles. The molecule has 0 saturated heterocycles. The summed E-state index contributed by atoms with van der Waals surface area (Å²) in [5, 5.41) is 0. The lowest BCUT2D eigenvalue weighted by atomic mass is 10.6. The predicted octanol–water partition coefficient (Wildman–Crippen LogP) is 1.57. The normalized spacial score (nSPS) is 10.9. The van der Waals surface area contributed by atoms with E-state index in [-0.39, 0.29) is 5.97 Å². The van der Waals surface area contributed by atoms with Crippen LogP contribution in [0.1, 0.15) is 0 Å². The predicted molar refractivity (Wildman–Crippen MR) is 50.5 cm³/mol. The molecule has 0 spiro atoms. The molecule has 0 radical (unpaired) electrons. The third-order valence-electron chi connectivity index (χ3n) is 1.67. The van der Waals surface area contributed by atoms with Crippen LogP contribution in [0.5, 0.6) is 0 Å². The Morgan fingerprint density at radius 2 is 2.17 bits per heavy atom. The summed E-state index contributed by atoms with van der Waals surface area (Å²) in [5.41, 5.74) is 0. The first-order chi connectivity index (χ1) is 5.52. The zero-order valence-corrected chi connectivity index (χ0v) is 8.92. The highest BCUT2D eigenvalue weighted by Crippen LogP contribution is 2.08. The third-order valence-corrected chi connectivity index (χ3v) is 4.18. The first-order valence-electron chi connectivity index (χ1n) is 3.86. The third kappa shape index (κ3) is 5.09. The zero-order valence-electron chi connectivity index (χ0n) is 7.92. The van der Waals surface area contributed by atoms with E-state index in [0.717, 1.165) is 6.04 Å². The Hall–Kier alpha value is -0.613. The molecule has 0 N–H and O–H groups in total. The van der Waals surface area contributed by atoms with Crippen molar-refractivity contribution in [1.29, 1.82) is 0 Å². The maximum absolute atomic E-state index is 10.6. The molecular weight excluding hydrogens is 172 g/mol. The summed E-state index contributed by atoms with van der Waals surface area (Å²) in [6.07, 6.45) is 1.17. The van der Waals surface area contributed by atoms with E-state index in [1.165, 1.54) is 6.08 Å². The minimum atomic E-state index is -1.57. The average molecular weight is 188 g/mol. The summed E-state index contributed by atoms with van der Waals surface area (Å²) < 4.78 is 10.1. The van der Waals surface area contributed by atoms with Crippen LogP contribution < -0.4 is 0 Å². The molecule has 0 rings (SSSR count). The molecule has 0 amide bonds. The Bertz CT molecular complexity index is 166. The van der Waals surface area contributed by atoms with Crippen LogP contribution in [0.4, 0.5) is 0 Å². The van der Waals surface area contributed by atoms with Gasteiger partial charge < -0.3 is 9.16 Å². The van der Waals surface area contributed by atoms with E-state index in [1.807, 2.05) is 0 Å². The summed E-state index contributed by atoms with van der Waals surface area (Å²) in [5.74, 6) is -0.365. The molecule has 0 heterocycles.